The molecule has 0 radical (unpaired) electrons. The molecule has 0 rings (SSSR count). The summed E-state index contributed by atoms with van der Waals surface area (Å²) in [7, 11) is 0. The van der Waals surface area contributed by atoms with E-state index in [2.05, 4.69) is 9.37 Å². The van der Waals surface area contributed by atoms with Gasteiger partial charge in [-0.3, -0.25) is 0 Å². The van der Waals surface area contributed by atoms with Crippen molar-refractivity contribution in [2.24, 2.45) is 0 Å². The maximum Gasteiger partial charge on any atom is 0.0343 e. The van der Waals surface area contributed by atoms with Crippen LogP contribution in [0.1, 0.15) is 6.92 Å². The molecule has 0 aliphatic carbocycles. The second-order valence-corrected chi connectivity index (χ2v) is 1.50. The van der Waals surface area contributed by atoms with Gasteiger partial charge in [0.15, 0.2) is 0 Å². The van der Waals surface area contributed by atoms with Gasteiger partial charge < -0.3 is 0 Å². The Kier molecular flexibility index (Phi) is 5.43. The molecule has 0 aliphatic heterocycles. The standard InChI is InChI=1S/C2H6O3S/c1-2-6-5-4-3/h3H,2H2,1H3. The quantitative estimate of drug-likeness (QED) is 0.255. The van der Waals surface area contributed by atoms with Gasteiger partial charge in [0.2, 0.25) is 0 Å². The van der Waals surface area contributed by atoms with E-state index in [1.54, 1.807) is 0 Å². The van der Waals surface area contributed by atoms with Gasteiger partial charge in [-0.2, -0.15) is 0 Å². The molecule has 1 N–H and O–H groups in total. The van der Waals surface area contributed by atoms with Gasteiger partial charge in [-0.05, 0) is 0 Å². The van der Waals surface area contributed by atoms with E-state index in [1.165, 1.54) is 0 Å². The first kappa shape index (κ1) is 6.23. The van der Waals surface area contributed by atoms with Crippen LogP contribution in [-0.4, -0.2) is 11.0 Å². The van der Waals surface area contributed by atoms with Gasteiger partial charge in [-0.15, -0.1) is 4.33 Å². The van der Waals surface area contributed by atoms with Crippen LogP contribution in [0, 0.1) is 0 Å². The Labute approximate surface area is 40.3 Å². The van der Waals surface area contributed by atoms with E-state index in [4.69, 9.17) is 5.26 Å². The number of hydrogen-bond acceptors (Lipinski definition) is 4. The lowest BCUT2D eigenvalue weighted by Gasteiger charge is -1.86. The lowest BCUT2D eigenvalue weighted by molar-refractivity contribution is -0.432. The summed E-state index contributed by atoms with van der Waals surface area (Å²) in [4.78, 5) is 0. The van der Waals surface area contributed by atoms with E-state index in [0.29, 0.717) is 0 Å². The molecule has 0 aromatic rings. The molecule has 38 valence electrons. The maximum absolute atomic E-state index is 7.45. The fraction of sp³-hybridized carbons (Fsp3) is 1.00. The molecule has 0 unspecified atom stereocenters. The van der Waals surface area contributed by atoms with Crippen molar-refractivity contribution < 1.29 is 14.6 Å². The van der Waals surface area contributed by atoms with Crippen LogP contribution >= 0.6 is 12.0 Å². The van der Waals surface area contributed by atoms with Crippen molar-refractivity contribution in [3.05, 3.63) is 0 Å². The third-order valence-electron chi connectivity index (χ3n) is 0.196. The largest absolute Gasteiger partial charge is 0.220 e. The summed E-state index contributed by atoms with van der Waals surface area (Å²) in [6.45, 7) is 1.88. The zero-order valence-corrected chi connectivity index (χ0v) is 4.20. The highest BCUT2D eigenvalue weighted by molar-refractivity contribution is 7.94. The van der Waals surface area contributed by atoms with Gasteiger partial charge in [0, 0.05) is 17.8 Å². The Hall–Kier alpha value is 0.230. The highest BCUT2D eigenvalue weighted by atomic mass is 32.2. The van der Waals surface area contributed by atoms with Crippen LogP contribution in [0.4, 0.5) is 0 Å². The number of rotatable bonds is 3. The third-order valence-corrected chi connectivity index (χ3v) is 0.589. The van der Waals surface area contributed by atoms with Crippen LogP contribution in [0.5, 0.6) is 0 Å². The molecule has 4 heteroatoms. The average molecular weight is 110 g/mol. The van der Waals surface area contributed by atoms with E-state index >= 15 is 0 Å². The summed E-state index contributed by atoms with van der Waals surface area (Å²) in [5.74, 6) is 0.764. The highest BCUT2D eigenvalue weighted by Crippen LogP contribution is 1.97. The Morgan fingerprint density at radius 2 is 2.50 bits per heavy atom. The van der Waals surface area contributed by atoms with Crippen molar-refractivity contribution >= 4 is 12.0 Å². The van der Waals surface area contributed by atoms with Crippen molar-refractivity contribution in [3.63, 3.8) is 0 Å². The Bertz CT molecular complexity index is 20.8. The lowest BCUT2D eigenvalue weighted by atomic mass is 11.0. The summed E-state index contributed by atoms with van der Waals surface area (Å²) in [6.07, 6.45) is 0. The molecule has 0 heterocycles. The second kappa shape index (κ2) is 5.23. The molecular weight excluding hydrogens is 104 g/mol. The normalized spacial score (nSPS) is 9.00. The molecule has 0 atom stereocenters. The molecule has 6 heavy (non-hydrogen) atoms. The average Bonchev–Trinajstić information content (AvgIpc) is 1.61. The first-order chi connectivity index (χ1) is 2.91. The van der Waals surface area contributed by atoms with E-state index in [0.717, 1.165) is 17.8 Å². The first-order valence-corrected chi connectivity index (χ1v) is 2.42. The van der Waals surface area contributed by atoms with Crippen molar-refractivity contribution in [1.82, 2.24) is 0 Å². The lowest BCUT2D eigenvalue weighted by Crippen LogP contribution is -1.76. The molecule has 0 aromatic carbocycles. The molecule has 0 fully saturated rings. The van der Waals surface area contributed by atoms with Crippen molar-refractivity contribution in [2.75, 3.05) is 5.75 Å². The van der Waals surface area contributed by atoms with Gasteiger partial charge in [-0.25, -0.2) is 5.26 Å². The van der Waals surface area contributed by atoms with Gasteiger partial charge in [0.05, 0.1) is 0 Å². The monoisotopic (exact) mass is 110 g/mol. The van der Waals surface area contributed by atoms with E-state index in [9.17, 15) is 0 Å². The fourth-order valence-corrected chi connectivity index (χ4v) is 0.209. The first-order valence-electron chi connectivity index (χ1n) is 1.51. The predicted molar refractivity (Wildman–Crippen MR) is 22.9 cm³/mol. The SMILES string of the molecule is CCSOOO. The van der Waals surface area contributed by atoms with Gasteiger partial charge in [0.25, 0.3) is 0 Å². The van der Waals surface area contributed by atoms with Crippen LogP contribution in [0.25, 0.3) is 0 Å². The topological polar surface area (TPSA) is 38.7 Å². The van der Waals surface area contributed by atoms with E-state index in [1.807, 2.05) is 6.92 Å². The van der Waals surface area contributed by atoms with Crippen molar-refractivity contribution in [2.45, 2.75) is 6.92 Å². The van der Waals surface area contributed by atoms with E-state index < -0.39 is 0 Å². The maximum atomic E-state index is 7.45. The summed E-state index contributed by atoms with van der Waals surface area (Å²) in [5.41, 5.74) is 0. The Morgan fingerprint density at radius 1 is 1.83 bits per heavy atom. The zero-order valence-electron chi connectivity index (χ0n) is 3.38. The minimum Gasteiger partial charge on any atom is -0.220 e. The van der Waals surface area contributed by atoms with E-state index in [-0.39, 0.29) is 0 Å². The number of hydrogen-bond donors (Lipinski definition) is 1. The molecule has 0 aromatic heterocycles. The summed E-state index contributed by atoms with van der Waals surface area (Å²) >= 11 is 1.04. The van der Waals surface area contributed by atoms with Gasteiger partial charge >= 0.3 is 0 Å². The molecule has 0 aliphatic rings. The van der Waals surface area contributed by atoms with Crippen LogP contribution in [0.2, 0.25) is 0 Å². The molecule has 3 nitrogen and oxygen atoms in total. The van der Waals surface area contributed by atoms with Crippen molar-refractivity contribution in [1.29, 1.82) is 0 Å². The molecule has 0 amide bonds. The smallest absolute Gasteiger partial charge is 0.0343 e. The second-order valence-electron chi connectivity index (χ2n) is 0.549. The van der Waals surface area contributed by atoms with Gasteiger partial charge in [-0.1, -0.05) is 12.0 Å². The molecule has 0 bridgehead atoms. The third kappa shape index (κ3) is 4.23. The minimum atomic E-state index is 0.764. The molecular formula is C2H6O3S. The van der Waals surface area contributed by atoms with Crippen LogP contribution in [-0.2, 0) is 9.37 Å². The summed E-state index contributed by atoms with van der Waals surface area (Å²) < 4.78 is 3.95. The van der Waals surface area contributed by atoms with Crippen LogP contribution in [0.3, 0.4) is 0 Å². The predicted octanol–water partition coefficient (Wildman–Crippen LogP) is 1.08. The molecule has 0 spiro atoms. The van der Waals surface area contributed by atoms with Crippen LogP contribution in [0.15, 0.2) is 0 Å². The molecule has 0 saturated carbocycles. The highest BCUT2D eigenvalue weighted by Gasteiger charge is 1.76. The Balaban J connectivity index is 2.34. The van der Waals surface area contributed by atoms with Gasteiger partial charge in [0.1, 0.15) is 0 Å². The minimum absolute atomic E-state index is 0.764. The van der Waals surface area contributed by atoms with Crippen LogP contribution < -0.4 is 0 Å². The zero-order chi connectivity index (χ0) is 4.83. The summed E-state index contributed by atoms with van der Waals surface area (Å²) in [6, 6.07) is 0. The fourth-order valence-electron chi connectivity index (χ4n) is 0.0696. The molecule has 0 saturated heterocycles. The van der Waals surface area contributed by atoms with Crippen molar-refractivity contribution in [3.8, 4) is 0 Å². The Morgan fingerprint density at radius 3 is 2.67 bits per heavy atom. The summed E-state index contributed by atoms with van der Waals surface area (Å²) in [5, 5.41) is 10.7.